The maximum Gasteiger partial charge on any atom is 0.392 e. The largest absolute Gasteiger partial charge is 0.497 e. The Labute approximate surface area is 122 Å². The summed E-state index contributed by atoms with van der Waals surface area (Å²) in [6, 6.07) is 6.87. The van der Waals surface area contributed by atoms with Crippen LogP contribution in [0, 0.1) is 11.8 Å². The van der Waals surface area contributed by atoms with E-state index in [4.69, 9.17) is 4.74 Å². The molecule has 2 unspecified atom stereocenters. The van der Waals surface area contributed by atoms with Crippen molar-refractivity contribution in [2.45, 2.75) is 38.3 Å². The van der Waals surface area contributed by atoms with Crippen LogP contribution in [0.2, 0.25) is 0 Å². The van der Waals surface area contributed by atoms with Gasteiger partial charge >= 0.3 is 6.18 Å². The van der Waals surface area contributed by atoms with Crippen molar-refractivity contribution in [2.75, 3.05) is 7.11 Å². The van der Waals surface area contributed by atoms with Gasteiger partial charge in [0.25, 0.3) is 0 Å². The summed E-state index contributed by atoms with van der Waals surface area (Å²) < 4.78 is 44.1. The van der Waals surface area contributed by atoms with Crippen LogP contribution in [-0.4, -0.2) is 19.1 Å². The van der Waals surface area contributed by atoms with E-state index in [1.807, 2.05) is 0 Å². The molecule has 0 heterocycles. The molecule has 5 heteroatoms. The zero-order chi connectivity index (χ0) is 15.5. The van der Waals surface area contributed by atoms with Crippen molar-refractivity contribution in [1.82, 2.24) is 0 Å². The van der Waals surface area contributed by atoms with Crippen molar-refractivity contribution in [3.05, 3.63) is 29.8 Å². The van der Waals surface area contributed by atoms with Crippen LogP contribution in [0.4, 0.5) is 13.2 Å². The van der Waals surface area contributed by atoms with Crippen LogP contribution in [0.15, 0.2) is 24.3 Å². The van der Waals surface area contributed by atoms with Crippen molar-refractivity contribution in [1.29, 1.82) is 0 Å². The first-order chi connectivity index (χ1) is 9.91. The Balaban J connectivity index is 2.06. The minimum absolute atomic E-state index is 0.0568. The van der Waals surface area contributed by atoms with E-state index < -0.39 is 18.0 Å². The summed E-state index contributed by atoms with van der Waals surface area (Å²) in [5.41, 5.74) is 0.729. The van der Waals surface area contributed by atoms with Crippen LogP contribution in [0.5, 0.6) is 5.75 Å². The Hall–Kier alpha value is -1.52. The smallest absolute Gasteiger partial charge is 0.392 e. The molecule has 0 aliphatic heterocycles. The molecule has 21 heavy (non-hydrogen) atoms. The third-order valence-corrected chi connectivity index (χ3v) is 4.14. The summed E-state index contributed by atoms with van der Waals surface area (Å²) in [6.07, 6.45) is -2.55. The fourth-order valence-electron chi connectivity index (χ4n) is 2.98. The van der Waals surface area contributed by atoms with E-state index in [1.54, 1.807) is 24.3 Å². The summed E-state index contributed by atoms with van der Waals surface area (Å²) in [6.45, 7) is 0. The molecule has 0 amide bonds. The molecular weight excluding hydrogens is 281 g/mol. The highest BCUT2D eigenvalue weighted by atomic mass is 19.4. The van der Waals surface area contributed by atoms with E-state index in [1.165, 1.54) is 7.11 Å². The molecule has 0 bridgehead atoms. The Bertz CT molecular complexity index is 479. The SMILES string of the molecule is COc1ccc(CC(=O)C2CCCCC2C(F)(F)F)cc1. The zero-order valence-electron chi connectivity index (χ0n) is 12.0. The molecule has 2 nitrogen and oxygen atoms in total. The monoisotopic (exact) mass is 300 g/mol. The van der Waals surface area contributed by atoms with Gasteiger partial charge in [0.2, 0.25) is 0 Å². The van der Waals surface area contributed by atoms with Gasteiger partial charge < -0.3 is 4.74 Å². The lowest BCUT2D eigenvalue weighted by molar-refractivity contribution is -0.197. The van der Waals surface area contributed by atoms with Crippen LogP contribution in [-0.2, 0) is 11.2 Å². The van der Waals surface area contributed by atoms with Gasteiger partial charge in [0.1, 0.15) is 11.5 Å². The number of halogens is 3. The summed E-state index contributed by atoms with van der Waals surface area (Å²) in [7, 11) is 1.54. The molecule has 1 aromatic rings. The van der Waals surface area contributed by atoms with Crippen molar-refractivity contribution in [3.8, 4) is 5.75 Å². The minimum Gasteiger partial charge on any atom is -0.497 e. The number of alkyl halides is 3. The Kier molecular flexibility index (Phi) is 4.91. The number of Topliss-reactive ketones (excluding diaryl/α,β-unsaturated/α-hetero) is 1. The van der Waals surface area contributed by atoms with Crippen LogP contribution in [0.3, 0.4) is 0 Å². The average Bonchev–Trinajstić information content (AvgIpc) is 2.47. The molecular formula is C16H19F3O2. The van der Waals surface area contributed by atoms with Crippen LogP contribution in [0.25, 0.3) is 0 Å². The molecule has 0 spiro atoms. The molecule has 2 atom stereocenters. The highest BCUT2D eigenvalue weighted by Crippen LogP contribution is 2.42. The number of rotatable bonds is 4. The van der Waals surface area contributed by atoms with Gasteiger partial charge in [-0.05, 0) is 30.5 Å². The number of methoxy groups -OCH3 is 1. The van der Waals surface area contributed by atoms with Gasteiger partial charge in [-0.1, -0.05) is 25.0 Å². The predicted octanol–water partition coefficient (Wildman–Crippen LogP) is 4.18. The maximum atomic E-state index is 13.0. The number of benzene rings is 1. The molecule has 116 valence electrons. The molecule has 0 radical (unpaired) electrons. The topological polar surface area (TPSA) is 26.3 Å². The summed E-state index contributed by atoms with van der Waals surface area (Å²) in [5, 5.41) is 0. The Morgan fingerprint density at radius 1 is 1.19 bits per heavy atom. The first-order valence-electron chi connectivity index (χ1n) is 7.14. The first-order valence-corrected chi connectivity index (χ1v) is 7.14. The number of hydrogen-bond acceptors (Lipinski definition) is 2. The fourth-order valence-corrected chi connectivity index (χ4v) is 2.98. The van der Waals surface area contributed by atoms with Gasteiger partial charge in [0.15, 0.2) is 0 Å². The number of ketones is 1. The summed E-state index contributed by atoms with van der Waals surface area (Å²) >= 11 is 0. The van der Waals surface area contributed by atoms with E-state index in [2.05, 4.69) is 0 Å². The van der Waals surface area contributed by atoms with Crippen molar-refractivity contribution in [3.63, 3.8) is 0 Å². The van der Waals surface area contributed by atoms with Crippen molar-refractivity contribution < 1.29 is 22.7 Å². The number of carbonyl (C=O) groups is 1. The lowest BCUT2D eigenvalue weighted by atomic mass is 9.75. The second kappa shape index (κ2) is 6.50. The zero-order valence-corrected chi connectivity index (χ0v) is 12.0. The van der Waals surface area contributed by atoms with Gasteiger partial charge in [-0.25, -0.2) is 0 Å². The standard InChI is InChI=1S/C16H19F3O2/c1-21-12-8-6-11(7-9-12)10-15(20)13-4-2-3-5-14(13)16(17,18)19/h6-9,13-14H,2-5,10H2,1H3. The third kappa shape index (κ3) is 3.99. The molecule has 0 aromatic heterocycles. The first kappa shape index (κ1) is 15.9. The Morgan fingerprint density at radius 3 is 2.38 bits per heavy atom. The molecule has 2 rings (SSSR count). The minimum atomic E-state index is -4.28. The average molecular weight is 300 g/mol. The predicted molar refractivity (Wildman–Crippen MR) is 73.2 cm³/mol. The lowest BCUT2D eigenvalue weighted by Crippen LogP contribution is -2.37. The Morgan fingerprint density at radius 2 is 1.81 bits per heavy atom. The van der Waals surface area contributed by atoms with Gasteiger partial charge in [0.05, 0.1) is 13.0 Å². The van der Waals surface area contributed by atoms with E-state index in [0.717, 1.165) is 5.56 Å². The van der Waals surface area contributed by atoms with Crippen LogP contribution >= 0.6 is 0 Å². The molecule has 1 saturated carbocycles. The molecule has 1 aromatic carbocycles. The highest BCUT2D eigenvalue weighted by molar-refractivity contribution is 5.83. The summed E-state index contributed by atoms with van der Waals surface area (Å²) in [4.78, 5) is 12.2. The second-order valence-corrected chi connectivity index (χ2v) is 5.53. The van der Waals surface area contributed by atoms with Crippen LogP contribution < -0.4 is 4.74 Å². The van der Waals surface area contributed by atoms with Gasteiger partial charge in [-0.15, -0.1) is 0 Å². The van der Waals surface area contributed by atoms with E-state index in [-0.39, 0.29) is 18.6 Å². The molecule has 1 aliphatic rings. The quantitative estimate of drug-likeness (QED) is 0.834. The lowest BCUT2D eigenvalue weighted by Gasteiger charge is -2.32. The van der Waals surface area contributed by atoms with Gasteiger partial charge in [0, 0.05) is 12.3 Å². The van der Waals surface area contributed by atoms with Crippen molar-refractivity contribution in [2.24, 2.45) is 11.8 Å². The summed E-state index contributed by atoms with van der Waals surface area (Å²) in [5.74, 6) is -2.00. The van der Waals surface area contributed by atoms with Gasteiger partial charge in [-0.2, -0.15) is 13.2 Å². The van der Waals surface area contributed by atoms with E-state index in [0.29, 0.717) is 25.0 Å². The third-order valence-electron chi connectivity index (χ3n) is 4.14. The molecule has 0 N–H and O–H groups in total. The number of carbonyl (C=O) groups excluding carboxylic acids is 1. The van der Waals surface area contributed by atoms with E-state index in [9.17, 15) is 18.0 Å². The highest BCUT2D eigenvalue weighted by Gasteiger charge is 2.47. The molecule has 1 aliphatic carbocycles. The van der Waals surface area contributed by atoms with E-state index >= 15 is 0 Å². The normalized spacial score (nSPS) is 22.9. The molecule has 0 saturated heterocycles. The van der Waals surface area contributed by atoms with Crippen molar-refractivity contribution >= 4 is 5.78 Å². The number of ether oxygens (including phenoxy) is 1. The molecule has 1 fully saturated rings. The van der Waals surface area contributed by atoms with Crippen LogP contribution in [0.1, 0.15) is 31.2 Å². The fraction of sp³-hybridized carbons (Fsp3) is 0.562. The maximum absolute atomic E-state index is 13.0. The van der Waals surface area contributed by atoms with Gasteiger partial charge in [-0.3, -0.25) is 4.79 Å². The number of hydrogen-bond donors (Lipinski definition) is 0. The second-order valence-electron chi connectivity index (χ2n) is 5.53.